The maximum Gasteiger partial charge on any atom is 0.248 e. The molecule has 0 radical (unpaired) electrons. The Bertz CT molecular complexity index is 822. The third kappa shape index (κ3) is 2.09. The topological polar surface area (TPSA) is 43.1 Å². The lowest BCUT2D eigenvalue weighted by molar-refractivity contribution is 0.100. The van der Waals surface area contributed by atoms with E-state index in [0.29, 0.717) is 10.6 Å². The van der Waals surface area contributed by atoms with Crippen LogP contribution in [0.2, 0.25) is 5.02 Å². The highest BCUT2D eigenvalue weighted by molar-refractivity contribution is 7.18. The first-order valence-corrected chi connectivity index (χ1v) is 7.40. The Morgan fingerprint density at radius 2 is 1.95 bits per heavy atom. The number of halogens is 1. The molecule has 0 unspecified atom stereocenters. The second kappa shape index (κ2) is 4.93. The summed E-state index contributed by atoms with van der Waals surface area (Å²) in [6.07, 6.45) is 0. The molecule has 2 nitrogen and oxygen atoms in total. The Labute approximate surface area is 125 Å². The second-order valence-corrected chi connectivity index (χ2v) is 5.95. The molecule has 0 spiro atoms. The number of carbonyl (C=O) groups is 1. The van der Waals surface area contributed by atoms with Crippen molar-refractivity contribution in [3.63, 3.8) is 0 Å². The first-order chi connectivity index (χ1) is 9.58. The van der Waals surface area contributed by atoms with Crippen molar-refractivity contribution in [2.75, 3.05) is 0 Å². The number of amides is 1. The Kier molecular flexibility index (Phi) is 3.24. The number of rotatable bonds is 2. The zero-order valence-corrected chi connectivity index (χ0v) is 12.4. The second-order valence-electron chi connectivity index (χ2n) is 4.66. The fraction of sp³-hybridized carbons (Fsp3) is 0.0625. The van der Waals surface area contributed by atoms with Gasteiger partial charge in [-0.15, -0.1) is 11.3 Å². The van der Waals surface area contributed by atoms with Crippen LogP contribution in [-0.2, 0) is 0 Å². The standard InChI is InChI=1S/C16H12ClNOS/c1-9-4-2-3-5-11(9)13-8-20-15-12(13)6-10(16(18)19)7-14(15)17/h2-8H,1H3,(H2,18,19). The SMILES string of the molecule is Cc1ccccc1-c1csc2c(Cl)cc(C(N)=O)cc12. The van der Waals surface area contributed by atoms with E-state index in [1.54, 1.807) is 17.4 Å². The van der Waals surface area contributed by atoms with Gasteiger partial charge < -0.3 is 5.73 Å². The van der Waals surface area contributed by atoms with Crippen LogP contribution < -0.4 is 5.73 Å². The lowest BCUT2D eigenvalue weighted by atomic mass is 9.99. The fourth-order valence-electron chi connectivity index (χ4n) is 2.32. The number of thiophene rings is 1. The number of hydrogen-bond acceptors (Lipinski definition) is 2. The number of benzene rings is 2. The number of hydrogen-bond donors (Lipinski definition) is 1. The summed E-state index contributed by atoms with van der Waals surface area (Å²) >= 11 is 7.83. The summed E-state index contributed by atoms with van der Waals surface area (Å²) in [6, 6.07) is 11.6. The highest BCUT2D eigenvalue weighted by atomic mass is 35.5. The van der Waals surface area contributed by atoms with Gasteiger partial charge in [-0.05, 0) is 35.6 Å². The highest BCUT2D eigenvalue weighted by Gasteiger charge is 2.13. The monoisotopic (exact) mass is 301 g/mol. The lowest BCUT2D eigenvalue weighted by Crippen LogP contribution is -2.10. The highest BCUT2D eigenvalue weighted by Crippen LogP contribution is 2.39. The quantitative estimate of drug-likeness (QED) is 0.737. The molecule has 1 heterocycles. The molecule has 4 heteroatoms. The van der Waals surface area contributed by atoms with Crippen LogP contribution in [0.1, 0.15) is 15.9 Å². The predicted molar refractivity (Wildman–Crippen MR) is 85.5 cm³/mol. The average molecular weight is 302 g/mol. The van der Waals surface area contributed by atoms with E-state index >= 15 is 0 Å². The third-order valence-electron chi connectivity index (χ3n) is 3.35. The lowest BCUT2D eigenvalue weighted by Gasteiger charge is -2.05. The molecule has 0 saturated carbocycles. The van der Waals surface area contributed by atoms with E-state index in [-0.39, 0.29) is 0 Å². The Morgan fingerprint density at radius 1 is 1.20 bits per heavy atom. The van der Waals surface area contributed by atoms with Crippen molar-refractivity contribution in [1.29, 1.82) is 0 Å². The van der Waals surface area contributed by atoms with Gasteiger partial charge in [0.1, 0.15) is 0 Å². The van der Waals surface area contributed by atoms with E-state index in [0.717, 1.165) is 21.2 Å². The molecule has 0 aliphatic rings. The van der Waals surface area contributed by atoms with Crippen LogP contribution in [0, 0.1) is 6.92 Å². The first-order valence-electron chi connectivity index (χ1n) is 6.14. The Balaban J connectivity index is 2.33. The minimum atomic E-state index is -0.462. The summed E-state index contributed by atoms with van der Waals surface area (Å²) in [6.45, 7) is 2.07. The number of fused-ring (bicyclic) bond motifs is 1. The largest absolute Gasteiger partial charge is 0.366 e. The van der Waals surface area contributed by atoms with Crippen LogP contribution in [-0.4, -0.2) is 5.91 Å². The Hall–Kier alpha value is -1.84. The van der Waals surface area contributed by atoms with Crippen LogP contribution in [0.15, 0.2) is 41.8 Å². The molecule has 0 aliphatic heterocycles. The molecule has 0 aliphatic carbocycles. The number of primary amides is 1. The van der Waals surface area contributed by atoms with Gasteiger partial charge in [0.05, 0.1) is 9.72 Å². The molecule has 0 atom stereocenters. The summed E-state index contributed by atoms with van der Waals surface area (Å²) in [4.78, 5) is 11.4. The molecule has 2 N–H and O–H groups in total. The molecule has 100 valence electrons. The first kappa shape index (κ1) is 13.2. The zero-order chi connectivity index (χ0) is 14.3. The van der Waals surface area contributed by atoms with E-state index in [9.17, 15) is 4.79 Å². The smallest absolute Gasteiger partial charge is 0.248 e. The van der Waals surface area contributed by atoms with Crippen molar-refractivity contribution >= 4 is 38.9 Å². The molecular formula is C16H12ClNOS. The number of aryl methyl sites for hydroxylation is 1. The molecule has 2 aromatic carbocycles. The van der Waals surface area contributed by atoms with Crippen molar-refractivity contribution in [3.05, 3.63) is 57.9 Å². The molecular weight excluding hydrogens is 290 g/mol. The number of carbonyl (C=O) groups excluding carboxylic acids is 1. The van der Waals surface area contributed by atoms with Gasteiger partial charge in [0, 0.05) is 16.5 Å². The summed E-state index contributed by atoms with van der Waals surface area (Å²) in [7, 11) is 0. The summed E-state index contributed by atoms with van der Waals surface area (Å²) < 4.78 is 0.981. The third-order valence-corrected chi connectivity index (χ3v) is 4.79. The van der Waals surface area contributed by atoms with Crippen LogP contribution in [0.3, 0.4) is 0 Å². The summed E-state index contributed by atoms with van der Waals surface area (Å²) in [5.41, 5.74) is 9.24. The van der Waals surface area contributed by atoms with Crippen LogP contribution in [0.4, 0.5) is 0 Å². The van der Waals surface area contributed by atoms with Crippen LogP contribution in [0.5, 0.6) is 0 Å². The van der Waals surface area contributed by atoms with E-state index in [1.165, 1.54) is 5.56 Å². The van der Waals surface area contributed by atoms with Crippen LogP contribution >= 0.6 is 22.9 Å². The Morgan fingerprint density at radius 3 is 2.65 bits per heavy atom. The van der Waals surface area contributed by atoms with Crippen molar-refractivity contribution in [2.24, 2.45) is 5.73 Å². The van der Waals surface area contributed by atoms with E-state index in [4.69, 9.17) is 17.3 Å². The molecule has 20 heavy (non-hydrogen) atoms. The van der Waals surface area contributed by atoms with Gasteiger partial charge in [0.15, 0.2) is 0 Å². The molecule has 1 aromatic heterocycles. The van der Waals surface area contributed by atoms with Gasteiger partial charge in [0.25, 0.3) is 0 Å². The van der Waals surface area contributed by atoms with E-state index in [1.807, 2.05) is 18.2 Å². The maximum atomic E-state index is 11.4. The van der Waals surface area contributed by atoms with Crippen molar-refractivity contribution < 1.29 is 4.79 Å². The van der Waals surface area contributed by atoms with Gasteiger partial charge >= 0.3 is 0 Å². The van der Waals surface area contributed by atoms with E-state index in [2.05, 4.69) is 24.4 Å². The molecule has 0 bridgehead atoms. The fourth-order valence-corrected chi connectivity index (χ4v) is 3.63. The summed E-state index contributed by atoms with van der Waals surface area (Å²) in [5, 5.41) is 3.62. The maximum absolute atomic E-state index is 11.4. The van der Waals surface area contributed by atoms with E-state index < -0.39 is 5.91 Å². The van der Waals surface area contributed by atoms with Crippen LogP contribution in [0.25, 0.3) is 21.2 Å². The molecule has 3 rings (SSSR count). The zero-order valence-electron chi connectivity index (χ0n) is 10.8. The van der Waals surface area contributed by atoms with Gasteiger partial charge in [0.2, 0.25) is 5.91 Å². The van der Waals surface area contributed by atoms with Gasteiger partial charge in [-0.1, -0.05) is 35.9 Å². The minimum Gasteiger partial charge on any atom is -0.366 e. The summed E-state index contributed by atoms with van der Waals surface area (Å²) in [5.74, 6) is -0.462. The van der Waals surface area contributed by atoms with Crippen molar-refractivity contribution in [1.82, 2.24) is 0 Å². The van der Waals surface area contributed by atoms with Crippen molar-refractivity contribution in [2.45, 2.75) is 6.92 Å². The molecule has 3 aromatic rings. The average Bonchev–Trinajstić information content (AvgIpc) is 2.83. The van der Waals surface area contributed by atoms with Gasteiger partial charge in [-0.2, -0.15) is 0 Å². The molecule has 0 fully saturated rings. The van der Waals surface area contributed by atoms with Gasteiger partial charge in [-0.3, -0.25) is 4.79 Å². The van der Waals surface area contributed by atoms with Crippen molar-refractivity contribution in [3.8, 4) is 11.1 Å². The molecule has 1 amide bonds. The predicted octanol–water partition coefficient (Wildman–Crippen LogP) is 4.63. The molecule has 0 saturated heterocycles. The minimum absolute atomic E-state index is 0.440. The number of nitrogens with two attached hydrogens (primary N) is 1. The van der Waals surface area contributed by atoms with Gasteiger partial charge in [-0.25, -0.2) is 0 Å². The normalized spacial score (nSPS) is 10.9.